The van der Waals surface area contributed by atoms with Crippen LogP contribution in [-0.4, -0.2) is 53.5 Å². The Hall–Kier alpha value is -4.70. The lowest BCUT2D eigenvalue weighted by Crippen LogP contribution is -2.64. The van der Waals surface area contributed by atoms with Crippen molar-refractivity contribution in [3.63, 3.8) is 0 Å². The van der Waals surface area contributed by atoms with Crippen LogP contribution in [-0.2, 0) is 15.0 Å². The number of aromatic nitrogens is 2. The van der Waals surface area contributed by atoms with Crippen LogP contribution >= 0.6 is 0 Å². The molecule has 2 aromatic rings. The third-order valence-corrected chi connectivity index (χ3v) is 5.63. The summed E-state index contributed by atoms with van der Waals surface area (Å²) in [4.78, 5) is 26.1. The fourth-order valence-electron chi connectivity index (χ4n) is 3.60. The van der Waals surface area contributed by atoms with Gasteiger partial charge in [0, 0.05) is 17.5 Å². The minimum absolute atomic E-state index is 0.0306. The summed E-state index contributed by atoms with van der Waals surface area (Å²) in [6.45, 7) is 2.05. The minimum atomic E-state index is -0.820. The van der Waals surface area contributed by atoms with Crippen molar-refractivity contribution in [2.75, 3.05) is 32.1 Å². The van der Waals surface area contributed by atoms with Gasteiger partial charge in [-0.2, -0.15) is 10.4 Å². The van der Waals surface area contributed by atoms with E-state index in [1.165, 1.54) is 29.0 Å². The van der Waals surface area contributed by atoms with Crippen LogP contribution in [0.1, 0.15) is 23.7 Å². The molecule has 0 bridgehead atoms. The third-order valence-electron chi connectivity index (χ3n) is 5.63. The van der Waals surface area contributed by atoms with Crippen molar-refractivity contribution in [3.8, 4) is 18.4 Å². The zero-order valence-electron chi connectivity index (χ0n) is 19.5. The number of nitrogens with zero attached hydrogens (tertiary/aromatic N) is 4. The maximum absolute atomic E-state index is 12.6. The van der Waals surface area contributed by atoms with Gasteiger partial charge in [0.1, 0.15) is 17.7 Å². The van der Waals surface area contributed by atoms with Crippen LogP contribution < -0.4 is 11.1 Å². The van der Waals surface area contributed by atoms with Gasteiger partial charge in [-0.3, -0.25) is 9.48 Å². The number of nitrogens with two attached hydrogens (primary N) is 1. The molecule has 1 aromatic heterocycles. The number of primary amides is 1. The summed E-state index contributed by atoms with van der Waals surface area (Å²) in [7, 11) is 1.51. The van der Waals surface area contributed by atoms with E-state index in [0.717, 1.165) is 5.69 Å². The summed E-state index contributed by atoms with van der Waals surface area (Å²) in [6, 6.07) is 11.3. The zero-order chi connectivity index (χ0) is 25.4. The Balaban J connectivity index is 1.75. The summed E-state index contributed by atoms with van der Waals surface area (Å²) < 4.78 is 12.1. The highest BCUT2D eigenvalue weighted by Gasteiger charge is 2.48. The van der Waals surface area contributed by atoms with Gasteiger partial charge >= 0.3 is 6.09 Å². The number of nitriles is 1. The fraction of sp³-hybridized carbons (Fsp3) is 0.280. The first-order chi connectivity index (χ1) is 16.8. The van der Waals surface area contributed by atoms with Crippen LogP contribution in [0.2, 0.25) is 0 Å². The molecule has 0 spiro atoms. The average molecular weight is 475 g/mol. The normalized spacial score (nSPS) is 14.8. The third kappa shape index (κ3) is 5.63. The monoisotopic (exact) mass is 474 g/mol. The number of ether oxygens (including phenoxy) is 2. The van der Waals surface area contributed by atoms with Crippen LogP contribution in [0, 0.1) is 23.7 Å². The van der Waals surface area contributed by atoms with Crippen LogP contribution in [0.25, 0.3) is 0 Å². The number of benzene rings is 1. The molecule has 1 aliphatic rings. The minimum Gasteiger partial charge on any atom is -0.501 e. The second kappa shape index (κ2) is 10.9. The van der Waals surface area contributed by atoms with E-state index in [-0.39, 0.29) is 37.5 Å². The van der Waals surface area contributed by atoms with Crippen molar-refractivity contribution < 1.29 is 19.1 Å². The number of methoxy groups -OCH3 is 1. The number of amides is 2. The molecule has 1 saturated heterocycles. The van der Waals surface area contributed by atoms with E-state index in [1.54, 1.807) is 13.0 Å². The number of anilines is 2. The van der Waals surface area contributed by atoms with Crippen LogP contribution in [0.4, 0.5) is 16.3 Å². The van der Waals surface area contributed by atoms with Crippen molar-refractivity contribution >= 4 is 23.5 Å². The zero-order valence-corrected chi connectivity index (χ0v) is 19.5. The van der Waals surface area contributed by atoms with Crippen molar-refractivity contribution in [3.05, 3.63) is 65.6 Å². The number of para-hydroxylation sites is 1. The number of likely N-dealkylation sites (tertiary alicyclic amines) is 1. The topological polar surface area (TPSA) is 136 Å². The Labute approximate surface area is 203 Å². The summed E-state index contributed by atoms with van der Waals surface area (Å²) in [5, 5.41) is 17.0. The van der Waals surface area contributed by atoms with E-state index in [0.29, 0.717) is 11.3 Å². The number of allylic oxidation sites excluding steroid dienone is 2. The average Bonchev–Trinajstić information content (AvgIpc) is 3.25. The van der Waals surface area contributed by atoms with Crippen LogP contribution in [0.15, 0.2) is 60.0 Å². The summed E-state index contributed by atoms with van der Waals surface area (Å²) in [6.07, 6.45) is 9.40. The Kier molecular flexibility index (Phi) is 7.80. The van der Waals surface area contributed by atoms with Crippen molar-refractivity contribution in [1.29, 1.82) is 5.26 Å². The number of carbonyl (C=O) groups is 2. The predicted octanol–water partition coefficient (Wildman–Crippen LogP) is 2.90. The Bertz CT molecular complexity index is 1230. The van der Waals surface area contributed by atoms with E-state index < -0.39 is 17.5 Å². The van der Waals surface area contributed by atoms with Gasteiger partial charge in [0.15, 0.2) is 5.82 Å². The Morgan fingerprint density at radius 1 is 1.34 bits per heavy atom. The fourth-order valence-corrected chi connectivity index (χ4v) is 3.60. The van der Waals surface area contributed by atoms with E-state index in [9.17, 15) is 14.9 Å². The van der Waals surface area contributed by atoms with E-state index in [1.807, 2.05) is 30.3 Å². The number of hydrogen-bond donors (Lipinski definition) is 2. The highest BCUT2D eigenvalue weighted by molar-refractivity contribution is 5.98. The molecular formula is C25H26N6O4. The van der Waals surface area contributed by atoms with Crippen molar-refractivity contribution in [2.45, 2.75) is 18.9 Å². The van der Waals surface area contributed by atoms with Gasteiger partial charge in [-0.1, -0.05) is 24.1 Å². The highest BCUT2D eigenvalue weighted by Crippen LogP contribution is 2.34. The molecule has 10 nitrogen and oxygen atoms in total. The van der Waals surface area contributed by atoms with Crippen molar-refractivity contribution in [2.24, 2.45) is 5.73 Å². The molecular weight excluding hydrogens is 448 g/mol. The highest BCUT2D eigenvalue weighted by atomic mass is 16.6. The van der Waals surface area contributed by atoms with E-state index >= 15 is 0 Å². The Morgan fingerprint density at radius 3 is 2.66 bits per heavy atom. The maximum Gasteiger partial charge on any atom is 0.410 e. The van der Waals surface area contributed by atoms with Gasteiger partial charge in [-0.05, 0) is 31.2 Å². The predicted molar refractivity (Wildman–Crippen MR) is 129 cm³/mol. The van der Waals surface area contributed by atoms with Gasteiger partial charge < -0.3 is 25.4 Å². The molecule has 1 fully saturated rings. The SMILES string of the molecule is C#CC=CC(COC(=O)N1CC(CC#N)(n2cc(C(N)=O)c(Nc3ccccc3)n2)C1)=C(C)OC. The van der Waals surface area contributed by atoms with Gasteiger partial charge in [0.05, 0.1) is 38.4 Å². The second-order valence-corrected chi connectivity index (χ2v) is 7.95. The quantitative estimate of drug-likeness (QED) is 0.324. The molecule has 0 radical (unpaired) electrons. The summed E-state index contributed by atoms with van der Waals surface area (Å²) in [5.41, 5.74) is 6.26. The lowest BCUT2D eigenvalue weighted by Gasteiger charge is -2.48. The second-order valence-electron chi connectivity index (χ2n) is 7.95. The number of terminal acetylenes is 1. The lowest BCUT2D eigenvalue weighted by molar-refractivity contribution is 0.00249. The molecule has 0 unspecified atom stereocenters. The molecule has 1 aromatic carbocycles. The maximum atomic E-state index is 12.6. The first kappa shape index (κ1) is 24.9. The number of rotatable bonds is 9. The molecule has 3 N–H and O–H groups in total. The van der Waals surface area contributed by atoms with Gasteiger partial charge in [-0.15, -0.1) is 6.42 Å². The van der Waals surface area contributed by atoms with E-state index in [2.05, 4.69) is 22.4 Å². The van der Waals surface area contributed by atoms with Crippen molar-refractivity contribution in [1.82, 2.24) is 14.7 Å². The van der Waals surface area contributed by atoms with Gasteiger partial charge in [-0.25, -0.2) is 4.79 Å². The lowest BCUT2D eigenvalue weighted by atomic mass is 9.87. The summed E-state index contributed by atoms with van der Waals surface area (Å²) in [5.74, 6) is 2.56. The first-order valence-electron chi connectivity index (χ1n) is 10.7. The molecule has 0 atom stereocenters. The summed E-state index contributed by atoms with van der Waals surface area (Å²) >= 11 is 0. The standard InChI is InChI=1S/C25H26N6O4/c1-4-5-9-19(18(2)34-3)15-35-24(33)30-16-25(17-30,12-13-26)31-14-21(22(27)32)23(29-31)28-20-10-7-6-8-11-20/h1,5-11,14H,12,15-17H2,2-3H3,(H2,27,32)(H,28,29). The van der Waals surface area contributed by atoms with Crippen LogP contribution in [0.3, 0.4) is 0 Å². The smallest absolute Gasteiger partial charge is 0.410 e. The molecule has 35 heavy (non-hydrogen) atoms. The van der Waals surface area contributed by atoms with Gasteiger partial charge in [0.25, 0.3) is 5.91 Å². The molecule has 2 amide bonds. The van der Waals surface area contributed by atoms with E-state index in [4.69, 9.17) is 21.6 Å². The molecule has 10 heteroatoms. The number of carbonyl (C=O) groups excluding carboxylic acids is 2. The first-order valence-corrected chi connectivity index (χ1v) is 10.7. The van der Waals surface area contributed by atoms with Crippen LogP contribution in [0.5, 0.6) is 0 Å². The Morgan fingerprint density at radius 2 is 2.06 bits per heavy atom. The molecule has 3 rings (SSSR count). The van der Waals surface area contributed by atoms with Gasteiger partial charge in [0.2, 0.25) is 0 Å². The molecule has 180 valence electrons. The number of hydrogen-bond acceptors (Lipinski definition) is 7. The molecule has 1 aliphatic heterocycles. The largest absolute Gasteiger partial charge is 0.501 e. The number of nitrogens with one attached hydrogen (secondary N) is 1. The molecule has 0 aliphatic carbocycles. The molecule has 2 heterocycles. The molecule has 0 saturated carbocycles.